The van der Waals surface area contributed by atoms with Gasteiger partial charge in [0.05, 0.1) is 23.4 Å². The zero-order chi connectivity index (χ0) is 16.9. The summed E-state index contributed by atoms with van der Waals surface area (Å²) >= 11 is 0. The Kier molecular flexibility index (Phi) is 5.90. The summed E-state index contributed by atoms with van der Waals surface area (Å²) in [4.78, 5) is 0.166. The molecule has 0 amide bonds. The van der Waals surface area contributed by atoms with E-state index in [-0.39, 0.29) is 16.7 Å². The first-order valence-electron chi connectivity index (χ1n) is 7.57. The second kappa shape index (κ2) is 7.70. The molecule has 1 aromatic carbocycles. The summed E-state index contributed by atoms with van der Waals surface area (Å²) in [6.07, 6.45) is 4.28. The molecule has 2 aromatic rings. The third-order valence-electron chi connectivity index (χ3n) is 3.48. The monoisotopic (exact) mass is 339 g/mol. The van der Waals surface area contributed by atoms with Crippen LogP contribution < -0.4 is 5.32 Å². The summed E-state index contributed by atoms with van der Waals surface area (Å²) in [5.41, 5.74) is 1.11. The normalized spacial score (nSPS) is 13.2. The van der Waals surface area contributed by atoms with E-state index in [4.69, 9.17) is 0 Å². The fraction of sp³-hybridized carbons (Fsp3) is 0.438. The molecule has 0 aliphatic heterocycles. The van der Waals surface area contributed by atoms with Crippen molar-refractivity contribution < 1.29 is 12.8 Å². The van der Waals surface area contributed by atoms with Crippen molar-refractivity contribution in [3.8, 4) is 0 Å². The molecule has 0 fully saturated rings. The van der Waals surface area contributed by atoms with Crippen LogP contribution in [0.5, 0.6) is 0 Å². The largest absolute Gasteiger partial charge is 0.312 e. The Morgan fingerprint density at radius 3 is 2.61 bits per heavy atom. The molecule has 23 heavy (non-hydrogen) atoms. The van der Waals surface area contributed by atoms with Gasteiger partial charge in [0.2, 0.25) is 0 Å². The number of aromatic nitrogens is 2. The fourth-order valence-electron chi connectivity index (χ4n) is 2.28. The summed E-state index contributed by atoms with van der Waals surface area (Å²) in [7, 11) is -3.35. The smallest absolute Gasteiger partial charge is 0.178 e. The lowest BCUT2D eigenvalue weighted by atomic mass is 10.3. The second-order valence-electron chi connectivity index (χ2n) is 5.72. The van der Waals surface area contributed by atoms with Gasteiger partial charge in [0.25, 0.3) is 0 Å². The first-order chi connectivity index (χ1) is 10.9. The average Bonchev–Trinajstić information content (AvgIpc) is 2.89. The molecule has 0 bridgehead atoms. The number of hydrogen-bond donors (Lipinski definition) is 1. The Bertz CT molecular complexity index is 726. The predicted molar refractivity (Wildman–Crippen MR) is 87.5 cm³/mol. The van der Waals surface area contributed by atoms with Crippen LogP contribution in [0.3, 0.4) is 0 Å². The molecule has 0 aliphatic carbocycles. The van der Waals surface area contributed by atoms with Gasteiger partial charge in [0, 0.05) is 12.2 Å². The molecule has 126 valence electrons. The van der Waals surface area contributed by atoms with Gasteiger partial charge in [-0.15, -0.1) is 0 Å². The van der Waals surface area contributed by atoms with E-state index in [1.54, 1.807) is 0 Å². The number of nitrogens with one attached hydrogen (secondary N) is 1. The number of benzene rings is 1. The van der Waals surface area contributed by atoms with Gasteiger partial charge in [-0.2, -0.15) is 5.10 Å². The quantitative estimate of drug-likeness (QED) is 0.591. The maximum Gasteiger partial charge on any atom is 0.178 e. The number of rotatable bonds is 8. The van der Waals surface area contributed by atoms with E-state index in [1.807, 2.05) is 30.9 Å². The van der Waals surface area contributed by atoms with Crippen molar-refractivity contribution >= 4 is 9.84 Å². The highest BCUT2D eigenvalue weighted by molar-refractivity contribution is 7.91. The van der Waals surface area contributed by atoms with E-state index in [9.17, 15) is 12.8 Å². The molecular weight excluding hydrogens is 317 g/mol. The molecule has 7 heteroatoms. The Balaban J connectivity index is 1.75. The van der Waals surface area contributed by atoms with Crippen LogP contribution in [-0.4, -0.2) is 36.5 Å². The molecule has 1 aromatic heterocycles. The van der Waals surface area contributed by atoms with Crippen molar-refractivity contribution in [1.29, 1.82) is 0 Å². The van der Waals surface area contributed by atoms with Crippen LogP contribution >= 0.6 is 0 Å². The number of halogens is 1. The first-order valence-corrected chi connectivity index (χ1v) is 9.23. The maximum atomic E-state index is 12.8. The van der Waals surface area contributed by atoms with Crippen LogP contribution in [0, 0.1) is 12.7 Å². The molecule has 1 N–H and O–H groups in total. The Morgan fingerprint density at radius 1 is 1.30 bits per heavy atom. The standard InChI is InChI=1S/C16H22FN3O2S/c1-13-10-19-20(11-13)12-14(2)18-8-3-9-23(21,22)16-6-4-15(17)5-7-16/h4-7,10-11,14,18H,3,8-9,12H2,1-2H3/t14-/m1/s1. The van der Waals surface area contributed by atoms with E-state index in [1.165, 1.54) is 24.3 Å². The third-order valence-corrected chi connectivity index (χ3v) is 5.30. The van der Waals surface area contributed by atoms with Crippen molar-refractivity contribution in [3.63, 3.8) is 0 Å². The zero-order valence-electron chi connectivity index (χ0n) is 13.4. The second-order valence-corrected chi connectivity index (χ2v) is 7.83. The van der Waals surface area contributed by atoms with Gasteiger partial charge in [-0.25, -0.2) is 12.8 Å². The molecule has 1 atom stereocenters. The van der Waals surface area contributed by atoms with Gasteiger partial charge < -0.3 is 5.32 Å². The first kappa shape index (κ1) is 17.6. The highest BCUT2D eigenvalue weighted by Gasteiger charge is 2.14. The molecule has 0 spiro atoms. The van der Waals surface area contributed by atoms with E-state index in [0.29, 0.717) is 13.0 Å². The van der Waals surface area contributed by atoms with Gasteiger partial charge in [-0.05, 0) is 56.6 Å². The predicted octanol–water partition coefficient (Wildman–Crippen LogP) is 2.17. The minimum absolute atomic E-state index is 0.0409. The van der Waals surface area contributed by atoms with Crippen LogP contribution in [0.2, 0.25) is 0 Å². The highest BCUT2D eigenvalue weighted by atomic mass is 32.2. The molecule has 2 rings (SSSR count). The van der Waals surface area contributed by atoms with Crippen molar-refractivity contribution in [2.45, 2.75) is 37.8 Å². The van der Waals surface area contributed by atoms with Crippen molar-refractivity contribution in [2.24, 2.45) is 0 Å². The third kappa shape index (κ3) is 5.44. The van der Waals surface area contributed by atoms with Crippen LogP contribution in [0.4, 0.5) is 4.39 Å². The highest BCUT2D eigenvalue weighted by Crippen LogP contribution is 2.12. The van der Waals surface area contributed by atoms with Crippen molar-refractivity contribution in [2.75, 3.05) is 12.3 Å². The lowest BCUT2D eigenvalue weighted by molar-refractivity contribution is 0.451. The number of aryl methyl sites for hydroxylation is 1. The molecule has 0 radical (unpaired) electrons. The molecule has 5 nitrogen and oxygen atoms in total. The van der Waals surface area contributed by atoms with E-state index < -0.39 is 15.7 Å². The molecule has 0 unspecified atom stereocenters. The minimum atomic E-state index is -3.35. The van der Waals surface area contributed by atoms with Crippen LogP contribution in [0.15, 0.2) is 41.6 Å². The lowest BCUT2D eigenvalue weighted by Gasteiger charge is -2.13. The van der Waals surface area contributed by atoms with Gasteiger partial charge in [0.1, 0.15) is 5.82 Å². The number of hydrogen-bond acceptors (Lipinski definition) is 4. The minimum Gasteiger partial charge on any atom is -0.312 e. The van der Waals surface area contributed by atoms with Gasteiger partial charge in [-0.3, -0.25) is 4.68 Å². The summed E-state index contributed by atoms with van der Waals surface area (Å²) in [5, 5.41) is 7.51. The van der Waals surface area contributed by atoms with Crippen molar-refractivity contribution in [1.82, 2.24) is 15.1 Å². The molecule has 0 saturated carbocycles. The average molecular weight is 339 g/mol. The SMILES string of the molecule is Cc1cnn(C[C@@H](C)NCCCS(=O)(=O)c2ccc(F)cc2)c1. The Labute approximate surface area is 136 Å². The molecular formula is C16H22FN3O2S. The summed E-state index contributed by atoms with van der Waals surface area (Å²) in [6, 6.07) is 5.14. The summed E-state index contributed by atoms with van der Waals surface area (Å²) in [6.45, 7) is 5.35. The van der Waals surface area contributed by atoms with E-state index in [0.717, 1.165) is 12.1 Å². The van der Waals surface area contributed by atoms with Crippen LogP contribution in [-0.2, 0) is 16.4 Å². The summed E-state index contributed by atoms with van der Waals surface area (Å²) < 4.78 is 38.9. The number of nitrogens with zero attached hydrogens (tertiary/aromatic N) is 2. The Morgan fingerprint density at radius 2 is 2.00 bits per heavy atom. The van der Waals surface area contributed by atoms with Crippen LogP contribution in [0.25, 0.3) is 0 Å². The van der Waals surface area contributed by atoms with Gasteiger partial charge in [-0.1, -0.05) is 0 Å². The van der Waals surface area contributed by atoms with Crippen molar-refractivity contribution in [3.05, 3.63) is 48.0 Å². The van der Waals surface area contributed by atoms with Crippen LogP contribution in [0.1, 0.15) is 18.9 Å². The lowest BCUT2D eigenvalue weighted by Crippen LogP contribution is -2.32. The van der Waals surface area contributed by atoms with E-state index in [2.05, 4.69) is 10.4 Å². The molecule has 1 heterocycles. The zero-order valence-corrected chi connectivity index (χ0v) is 14.2. The molecule has 0 saturated heterocycles. The van der Waals surface area contributed by atoms with E-state index >= 15 is 0 Å². The van der Waals surface area contributed by atoms with Gasteiger partial charge in [0.15, 0.2) is 9.84 Å². The topological polar surface area (TPSA) is 64.0 Å². The Hall–Kier alpha value is -1.73. The number of sulfone groups is 1. The van der Waals surface area contributed by atoms with Gasteiger partial charge >= 0.3 is 0 Å². The summed E-state index contributed by atoms with van der Waals surface area (Å²) in [5.74, 6) is -0.396. The maximum absolute atomic E-state index is 12.8. The molecule has 0 aliphatic rings. The fourth-order valence-corrected chi connectivity index (χ4v) is 3.59.